The predicted octanol–water partition coefficient (Wildman–Crippen LogP) is -2.30. The Kier molecular flexibility index (Phi) is 4.10. The summed E-state index contributed by atoms with van der Waals surface area (Å²) < 4.78 is 1.30. The Hall–Kier alpha value is -2.03. The van der Waals surface area contributed by atoms with Gasteiger partial charge in [0.15, 0.2) is 11.9 Å². The summed E-state index contributed by atoms with van der Waals surface area (Å²) in [6, 6.07) is -1.34. The van der Waals surface area contributed by atoms with Gasteiger partial charge in [0.25, 0.3) is 0 Å². The molecule has 0 aliphatic rings. The van der Waals surface area contributed by atoms with Gasteiger partial charge in [0.05, 0.1) is 12.5 Å². The molecule has 1 heterocycles. The van der Waals surface area contributed by atoms with Gasteiger partial charge in [-0.25, -0.2) is 9.48 Å². The van der Waals surface area contributed by atoms with Crippen LogP contribution in [0.1, 0.15) is 12.7 Å². The van der Waals surface area contributed by atoms with Gasteiger partial charge in [0.2, 0.25) is 5.91 Å². The summed E-state index contributed by atoms with van der Waals surface area (Å²) in [7, 11) is 1.56. The van der Waals surface area contributed by atoms with Gasteiger partial charge in [0, 0.05) is 7.05 Å². The highest BCUT2D eigenvalue weighted by Crippen LogP contribution is 1.96. The van der Waals surface area contributed by atoms with E-state index in [9.17, 15) is 14.7 Å². The molecule has 0 saturated carbocycles. The van der Waals surface area contributed by atoms with Crippen LogP contribution in [0, 0.1) is 0 Å². The van der Waals surface area contributed by atoms with Gasteiger partial charge >= 0.3 is 5.97 Å². The number of hydrogen-bond donors (Lipinski definition) is 3. The standard InChI is InChI=1S/C8H13N5O4/c1-4(14)7(8(16)17)9-6(15)3-5-10-11-12-13(5)2/h4,7,14H,3H2,1-2H3,(H,9,15)(H,16,17). The van der Waals surface area contributed by atoms with E-state index in [1.54, 1.807) is 7.05 Å². The van der Waals surface area contributed by atoms with Crippen molar-refractivity contribution < 1.29 is 19.8 Å². The van der Waals surface area contributed by atoms with E-state index < -0.39 is 24.0 Å². The molecule has 94 valence electrons. The average Bonchev–Trinajstić information content (AvgIpc) is 2.60. The second kappa shape index (κ2) is 5.34. The van der Waals surface area contributed by atoms with E-state index >= 15 is 0 Å². The highest BCUT2D eigenvalue weighted by atomic mass is 16.4. The number of nitrogens with zero attached hydrogens (tertiary/aromatic N) is 4. The van der Waals surface area contributed by atoms with Crippen LogP contribution in [0.3, 0.4) is 0 Å². The summed E-state index contributed by atoms with van der Waals surface area (Å²) in [6.45, 7) is 1.28. The number of aryl methyl sites for hydroxylation is 1. The molecule has 2 atom stereocenters. The number of rotatable bonds is 5. The maximum Gasteiger partial charge on any atom is 0.328 e. The van der Waals surface area contributed by atoms with Crippen LogP contribution in [0.4, 0.5) is 0 Å². The number of aliphatic carboxylic acids is 1. The van der Waals surface area contributed by atoms with Gasteiger partial charge in [-0.2, -0.15) is 0 Å². The highest BCUT2D eigenvalue weighted by molar-refractivity contribution is 5.84. The zero-order valence-electron chi connectivity index (χ0n) is 9.36. The highest BCUT2D eigenvalue weighted by Gasteiger charge is 2.25. The number of carbonyl (C=O) groups is 2. The lowest BCUT2D eigenvalue weighted by Gasteiger charge is -2.16. The Morgan fingerprint density at radius 3 is 2.59 bits per heavy atom. The summed E-state index contributed by atoms with van der Waals surface area (Å²) in [5.74, 6) is -1.57. The molecule has 9 nitrogen and oxygen atoms in total. The fraction of sp³-hybridized carbons (Fsp3) is 0.625. The monoisotopic (exact) mass is 243 g/mol. The Morgan fingerprint density at radius 1 is 1.53 bits per heavy atom. The van der Waals surface area contributed by atoms with Crippen LogP contribution in [0.5, 0.6) is 0 Å². The minimum Gasteiger partial charge on any atom is -0.480 e. The first-order valence-electron chi connectivity index (χ1n) is 4.83. The number of carboxylic acids is 1. The molecule has 0 fully saturated rings. The van der Waals surface area contributed by atoms with Crippen LogP contribution >= 0.6 is 0 Å². The van der Waals surface area contributed by atoms with Crippen LogP contribution in [-0.4, -0.2) is 54.4 Å². The minimum atomic E-state index is -1.34. The molecule has 0 aromatic carbocycles. The second-order valence-electron chi connectivity index (χ2n) is 3.52. The van der Waals surface area contributed by atoms with Crippen LogP contribution < -0.4 is 5.32 Å². The molecule has 1 amide bonds. The molecule has 1 aromatic heterocycles. The van der Waals surface area contributed by atoms with E-state index in [0.717, 1.165) is 0 Å². The second-order valence-corrected chi connectivity index (χ2v) is 3.52. The van der Waals surface area contributed by atoms with E-state index in [-0.39, 0.29) is 6.42 Å². The zero-order chi connectivity index (χ0) is 13.0. The molecule has 0 spiro atoms. The molecule has 1 aromatic rings. The summed E-state index contributed by atoms with van der Waals surface area (Å²) in [5.41, 5.74) is 0. The van der Waals surface area contributed by atoms with Gasteiger partial charge in [-0.15, -0.1) is 5.10 Å². The molecule has 3 N–H and O–H groups in total. The van der Waals surface area contributed by atoms with Crippen molar-refractivity contribution in [3.05, 3.63) is 5.82 Å². The summed E-state index contributed by atoms with van der Waals surface area (Å²) >= 11 is 0. The normalized spacial score (nSPS) is 14.1. The van der Waals surface area contributed by atoms with E-state index in [0.29, 0.717) is 5.82 Å². The van der Waals surface area contributed by atoms with Crippen LogP contribution in [-0.2, 0) is 23.1 Å². The lowest BCUT2D eigenvalue weighted by atomic mass is 10.2. The van der Waals surface area contributed by atoms with Crippen molar-refractivity contribution in [2.75, 3.05) is 0 Å². The Morgan fingerprint density at radius 2 is 2.18 bits per heavy atom. The smallest absolute Gasteiger partial charge is 0.328 e. The van der Waals surface area contributed by atoms with Crippen molar-refractivity contribution in [2.45, 2.75) is 25.5 Å². The average molecular weight is 243 g/mol. The van der Waals surface area contributed by atoms with E-state index in [1.165, 1.54) is 11.6 Å². The lowest BCUT2D eigenvalue weighted by molar-refractivity contribution is -0.144. The molecular weight excluding hydrogens is 230 g/mol. The van der Waals surface area contributed by atoms with Gasteiger partial charge in [-0.05, 0) is 17.4 Å². The summed E-state index contributed by atoms with van der Waals surface area (Å²) in [5, 5.41) is 30.6. The number of tetrazole rings is 1. The molecule has 2 unspecified atom stereocenters. The van der Waals surface area contributed by atoms with E-state index in [4.69, 9.17) is 5.11 Å². The van der Waals surface area contributed by atoms with Crippen LogP contribution in [0.25, 0.3) is 0 Å². The molecule has 17 heavy (non-hydrogen) atoms. The van der Waals surface area contributed by atoms with E-state index in [1.807, 2.05) is 0 Å². The number of aromatic nitrogens is 4. The molecule has 0 radical (unpaired) electrons. The van der Waals surface area contributed by atoms with Crippen molar-refractivity contribution in [3.8, 4) is 0 Å². The first-order chi connectivity index (χ1) is 7.91. The Balaban J connectivity index is 2.60. The van der Waals surface area contributed by atoms with Crippen molar-refractivity contribution in [1.82, 2.24) is 25.5 Å². The molecule has 9 heteroatoms. The SMILES string of the molecule is CC(O)C(NC(=O)Cc1nnnn1C)C(=O)O. The third-order valence-electron chi connectivity index (χ3n) is 2.09. The largest absolute Gasteiger partial charge is 0.480 e. The van der Waals surface area contributed by atoms with Crippen molar-refractivity contribution >= 4 is 11.9 Å². The molecular formula is C8H13N5O4. The molecule has 0 bridgehead atoms. The molecule has 0 saturated heterocycles. The number of hydrogen-bond acceptors (Lipinski definition) is 6. The number of carboxylic acid groups (broad SMARTS) is 1. The topological polar surface area (TPSA) is 130 Å². The first kappa shape index (κ1) is 13.0. The van der Waals surface area contributed by atoms with Gasteiger partial charge in [0.1, 0.15) is 0 Å². The Bertz CT molecular complexity index is 416. The maximum atomic E-state index is 11.5. The fourth-order valence-electron chi connectivity index (χ4n) is 1.15. The van der Waals surface area contributed by atoms with Crippen molar-refractivity contribution in [1.29, 1.82) is 0 Å². The Labute approximate surface area is 96.4 Å². The van der Waals surface area contributed by atoms with Gasteiger partial charge in [-0.3, -0.25) is 4.79 Å². The maximum absolute atomic E-state index is 11.5. The number of amides is 1. The first-order valence-corrected chi connectivity index (χ1v) is 4.83. The predicted molar refractivity (Wildman–Crippen MR) is 53.7 cm³/mol. The quantitative estimate of drug-likeness (QED) is 0.530. The zero-order valence-corrected chi connectivity index (χ0v) is 9.36. The van der Waals surface area contributed by atoms with Gasteiger partial charge in [-0.1, -0.05) is 0 Å². The third kappa shape index (κ3) is 3.48. The number of carbonyl (C=O) groups excluding carboxylic acids is 1. The van der Waals surface area contributed by atoms with Crippen molar-refractivity contribution in [3.63, 3.8) is 0 Å². The lowest BCUT2D eigenvalue weighted by Crippen LogP contribution is -2.48. The minimum absolute atomic E-state index is 0.153. The van der Waals surface area contributed by atoms with Gasteiger partial charge < -0.3 is 15.5 Å². The van der Waals surface area contributed by atoms with Crippen LogP contribution in [0.2, 0.25) is 0 Å². The fourth-order valence-corrected chi connectivity index (χ4v) is 1.15. The third-order valence-corrected chi connectivity index (χ3v) is 2.09. The van der Waals surface area contributed by atoms with Crippen molar-refractivity contribution in [2.24, 2.45) is 7.05 Å². The van der Waals surface area contributed by atoms with Crippen LogP contribution in [0.15, 0.2) is 0 Å². The number of aliphatic hydroxyl groups is 1. The summed E-state index contributed by atoms with van der Waals surface area (Å²) in [4.78, 5) is 22.2. The van der Waals surface area contributed by atoms with E-state index in [2.05, 4.69) is 20.8 Å². The summed E-state index contributed by atoms with van der Waals surface area (Å²) in [6.07, 6.45) is -1.34. The number of nitrogens with one attached hydrogen (secondary N) is 1. The molecule has 0 aliphatic carbocycles. The number of aliphatic hydroxyl groups excluding tert-OH is 1. The molecule has 0 aliphatic heterocycles. The molecule has 1 rings (SSSR count).